The van der Waals surface area contributed by atoms with Crippen LogP contribution in [-0.2, 0) is 12.8 Å². The summed E-state index contributed by atoms with van der Waals surface area (Å²) in [4.78, 5) is 13.8. The molecule has 0 aliphatic carbocycles. The first-order valence-electron chi connectivity index (χ1n) is 11.9. The summed E-state index contributed by atoms with van der Waals surface area (Å²) in [6.45, 7) is 4.48. The molecule has 0 atom stereocenters. The zero-order valence-corrected chi connectivity index (χ0v) is 19.0. The van der Waals surface area contributed by atoms with Crippen LogP contribution in [0.5, 0.6) is 0 Å². The summed E-state index contributed by atoms with van der Waals surface area (Å²) in [5.74, 6) is 0. The number of anilines is 2. The summed E-state index contributed by atoms with van der Waals surface area (Å²) in [6.07, 6.45) is 15.0. The highest BCUT2D eigenvalue weighted by Crippen LogP contribution is 2.26. The molecular formula is C27H40N2O. The van der Waals surface area contributed by atoms with Crippen molar-refractivity contribution < 1.29 is 4.79 Å². The van der Waals surface area contributed by atoms with Crippen LogP contribution >= 0.6 is 0 Å². The smallest absolute Gasteiger partial charge is 0.323 e. The fourth-order valence-corrected chi connectivity index (χ4v) is 3.89. The lowest BCUT2D eigenvalue weighted by Crippen LogP contribution is -2.31. The summed E-state index contributed by atoms with van der Waals surface area (Å²) < 4.78 is 0. The van der Waals surface area contributed by atoms with Crippen LogP contribution in [0.25, 0.3) is 0 Å². The molecule has 3 nitrogen and oxygen atoms in total. The fraction of sp³-hybridized carbons (Fsp3) is 0.519. The minimum absolute atomic E-state index is 0.449. The third kappa shape index (κ3) is 8.22. The molecule has 0 aliphatic heterocycles. The van der Waals surface area contributed by atoms with Gasteiger partial charge in [-0.3, -0.25) is 4.90 Å². The fourth-order valence-electron chi connectivity index (χ4n) is 3.89. The van der Waals surface area contributed by atoms with Crippen LogP contribution in [0.2, 0.25) is 0 Å². The van der Waals surface area contributed by atoms with Crippen LogP contribution in [0.3, 0.4) is 0 Å². The topological polar surface area (TPSA) is 46.3 Å². The highest BCUT2D eigenvalue weighted by molar-refractivity contribution is 5.98. The number of hydrogen-bond acceptors (Lipinski definition) is 1. The highest BCUT2D eigenvalue weighted by Gasteiger charge is 2.15. The maximum absolute atomic E-state index is 12.2. The Bertz CT molecular complexity index is 664. The zero-order chi connectivity index (χ0) is 21.6. The van der Waals surface area contributed by atoms with Gasteiger partial charge in [0.15, 0.2) is 0 Å². The first kappa shape index (κ1) is 24.0. The first-order valence-corrected chi connectivity index (χ1v) is 11.9. The lowest BCUT2D eigenvalue weighted by atomic mass is 10.0. The van der Waals surface area contributed by atoms with Crippen LogP contribution in [0.4, 0.5) is 16.2 Å². The zero-order valence-electron chi connectivity index (χ0n) is 19.0. The molecule has 164 valence electrons. The Morgan fingerprint density at radius 2 is 1.00 bits per heavy atom. The summed E-state index contributed by atoms with van der Waals surface area (Å²) >= 11 is 0. The normalized spacial score (nSPS) is 10.9. The number of carbonyl (C=O) groups is 1. The second kappa shape index (κ2) is 13.8. The largest absolute Gasteiger partial charge is 0.351 e. The number of amides is 2. The molecule has 0 aliphatic rings. The van der Waals surface area contributed by atoms with Crippen LogP contribution in [0, 0.1) is 0 Å². The molecule has 3 heteroatoms. The summed E-state index contributed by atoms with van der Waals surface area (Å²) in [5, 5.41) is 0. The van der Waals surface area contributed by atoms with Gasteiger partial charge in [-0.2, -0.15) is 0 Å². The van der Waals surface area contributed by atoms with Gasteiger partial charge in [-0.1, -0.05) is 89.5 Å². The Morgan fingerprint density at radius 1 is 0.633 bits per heavy atom. The third-order valence-corrected chi connectivity index (χ3v) is 5.75. The number of nitrogens with zero attached hydrogens (tertiary/aromatic N) is 1. The van der Waals surface area contributed by atoms with Crippen molar-refractivity contribution in [3.05, 3.63) is 59.7 Å². The second-order valence-corrected chi connectivity index (χ2v) is 8.33. The molecule has 0 bridgehead atoms. The average molecular weight is 409 g/mol. The quantitative estimate of drug-likeness (QED) is 0.317. The van der Waals surface area contributed by atoms with Gasteiger partial charge >= 0.3 is 6.03 Å². The Balaban J connectivity index is 1.94. The van der Waals surface area contributed by atoms with Crippen molar-refractivity contribution in [2.75, 3.05) is 4.90 Å². The van der Waals surface area contributed by atoms with Crippen molar-refractivity contribution >= 4 is 17.4 Å². The number of urea groups is 1. The lowest BCUT2D eigenvalue weighted by molar-refractivity contribution is 0.256. The number of nitrogens with two attached hydrogens (primary N) is 1. The van der Waals surface area contributed by atoms with Gasteiger partial charge in [0.05, 0.1) is 11.4 Å². The molecule has 0 fully saturated rings. The molecule has 0 saturated carbocycles. The van der Waals surface area contributed by atoms with E-state index in [4.69, 9.17) is 5.73 Å². The molecule has 2 aromatic carbocycles. The Hall–Kier alpha value is -2.29. The predicted molar refractivity (Wildman–Crippen MR) is 130 cm³/mol. The number of rotatable bonds is 14. The lowest BCUT2D eigenvalue weighted by Gasteiger charge is -2.21. The highest BCUT2D eigenvalue weighted by atomic mass is 16.2. The molecule has 2 amide bonds. The average Bonchev–Trinajstić information content (AvgIpc) is 2.75. The van der Waals surface area contributed by atoms with E-state index < -0.39 is 6.03 Å². The second-order valence-electron chi connectivity index (χ2n) is 8.33. The van der Waals surface area contributed by atoms with Crippen molar-refractivity contribution in [2.24, 2.45) is 5.73 Å². The monoisotopic (exact) mass is 408 g/mol. The van der Waals surface area contributed by atoms with E-state index in [0.29, 0.717) is 0 Å². The van der Waals surface area contributed by atoms with Crippen LogP contribution in [0.15, 0.2) is 48.5 Å². The van der Waals surface area contributed by atoms with Crippen LogP contribution in [-0.4, -0.2) is 6.03 Å². The minimum Gasteiger partial charge on any atom is -0.351 e. The first-order chi connectivity index (χ1) is 14.7. The van der Waals surface area contributed by atoms with Crippen molar-refractivity contribution in [1.82, 2.24) is 0 Å². The Kier molecular flexibility index (Phi) is 11.1. The Morgan fingerprint density at radius 3 is 1.33 bits per heavy atom. The molecule has 0 aromatic heterocycles. The van der Waals surface area contributed by atoms with E-state index in [9.17, 15) is 4.79 Å². The molecular weight excluding hydrogens is 368 g/mol. The molecule has 0 spiro atoms. The molecule has 0 unspecified atom stereocenters. The van der Waals surface area contributed by atoms with Gasteiger partial charge in [0, 0.05) is 0 Å². The maximum atomic E-state index is 12.2. The van der Waals surface area contributed by atoms with Gasteiger partial charge in [0.2, 0.25) is 0 Å². The molecule has 30 heavy (non-hydrogen) atoms. The van der Waals surface area contributed by atoms with Gasteiger partial charge < -0.3 is 5.73 Å². The molecule has 0 heterocycles. The van der Waals surface area contributed by atoms with Crippen molar-refractivity contribution in [1.29, 1.82) is 0 Å². The van der Waals surface area contributed by atoms with E-state index >= 15 is 0 Å². The summed E-state index contributed by atoms with van der Waals surface area (Å²) in [7, 11) is 0. The number of hydrogen-bond donors (Lipinski definition) is 1. The number of primary amides is 1. The van der Waals surface area contributed by atoms with Crippen LogP contribution in [0.1, 0.15) is 89.2 Å². The summed E-state index contributed by atoms with van der Waals surface area (Å²) in [6, 6.07) is 16.1. The number of benzene rings is 2. The van der Waals surface area contributed by atoms with Crippen molar-refractivity contribution in [2.45, 2.75) is 90.9 Å². The van der Waals surface area contributed by atoms with Gasteiger partial charge in [0.1, 0.15) is 0 Å². The van der Waals surface area contributed by atoms with E-state index in [1.165, 1.54) is 75.3 Å². The number of aryl methyl sites for hydroxylation is 2. The van der Waals surface area contributed by atoms with Crippen molar-refractivity contribution in [3.8, 4) is 0 Å². The SMILES string of the molecule is CCCCCCCc1ccc(N(C(N)=O)c2ccc(CCCCCCC)cc2)cc1. The van der Waals surface area contributed by atoms with E-state index in [1.807, 2.05) is 24.3 Å². The molecule has 0 radical (unpaired) electrons. The molecule has 2 N–H and O–H groups in total. The van der Waals surface area contributed by atoms with Gasteiger partial charge in [-0.05, 0) is 61.1 Å². The van der Waals surface area contributed by atoms with Crippen molar-refractivity contribution in [3.63, 3.8) is 0 Å². The molecule has 2 rings (SSSR count). The Labute approximate surface area is 183 Å². The van der Waals surface area contributed by atoms with Gasteiger partial charge in [0.25, 0.3) is 0 Å². The molecule has 0 saturated heterocycles. The number of carbonyl (C=O) groups excluding carboxylic acids is 1. The standard InChI is InChI=1S/C27H40N2O/c1-3-5-7-9-11-13-23-15-19-25(20-16-23)29(27(28)30)26-21-17-24(18-22-26)14-12-10-8-6-4-2/h15-22H,3-14H2,1-2H3,(H2,28,30). The maximum Gasteiger partial charge on any atom is 0.323 e. The van der Waals surface area contributed by atoms with E-state index in [-0.39, 0.29) is 0 Å². The molecule has 2 aromatic rings. The van der Waals surface area contributed by atoms with Gasteiger partial charge in [-0.25, -0.2) is 4.79 Å². The van der Waals surface area contributed by atoms with Crippen LogP contribution < -0.4 is 10.6 Å². The van der Waals surface area contributed by atoms with E-state index in [2.05, 4.69) is 38.1 Å². The van der Waals surface area contributed by atoms with E-state index in [0.717, 1.165) is 24.2 Å². The summed E-state index contributed by atoms with van der Waals surface area (Å²) in [5.41, 5.74) is 10.00. The minimum atomic E-state index is -0.449. The third-order valence-electron chi connectivity index (χ3n) is 5.75. The number of unbranched alkanes of at least 4 members (excludes halogenated alkanes) is 8. The predicted octanol–water partition coefficient (Wildman–Crippen LogP) is 7.93. The van der Waals surface area contributed by atoms with E-state index in [1.54, 1.807) is 4.90 Å². The van der Waals surface area contributed by atoms with Gasteiger partial charge in [-0.15, -0.1) is 0 Å².